The van der Waals surface area contributed by atoms with Crippen LogP contribution in [0.2, 0.25) is 0 Å². The van der Waals surface area contributed by atoms with Crippen LogP contribution in [0, 0.1) is 0 Å². The molecule has 150 valence electrons. The van der Waals surface area contributed by atoms with Gasteiger partial charge in [0.2, 0.25) is 0 Å². The van der Waals surface area contributed by atoms with Crippen LogP contribution in [0.4, 0.5) is 11.4 Å². The van der Waals surface area contributed by atoms with Gasteiger partial charge >= 0.3 is 0 Å². The second kappa shape index (κ2) is 8.25. The van der Waals surface area contributed by atoms with E-state index in [0.717, 1.165) is 12.1 Å². The van der Waals surface area contributed by atoms with Crippen LogP contribution in [-0.2, 0) is 16.0 Å². The Morgan fingerprint density at radius 1 is 0.833 bits per heavy atom. The van der Waals surface area contributed by atoms with Gasteiger partial charge in [0.15, 0.2) is 0 Å². The van der Waals surface area contributed by atoms with Crippen LogP contribution < -0.4 is 15.0 Å². The standard InChI is InChI=1S/C25H22N2O3/c1-3-17-13-15-19(16-14-17)26-23-22(18-9-5-4-6-10-18)24(28)27(25(23)29)20-11-7-8-12-21(20)30-2/h4-16,26H,3H2,1-2H3. The van der Waals surface area contributed by atoms with Gasteiger partial charge in [-0.3, -0.25) is 9.59 Å². The largest absolute Gasteiger partial charge is 0.495 e. The van der Waals surface area contributed by atoms with Crippen molar-refractivity contribution in [2.75, 3.05) is 17.3 Å². The van der Waals surface area contributed by atoms with E-state index in [9.17, 15) is 9.59 Å². The number of hydrogen-bond donors (Lipinski definition) is 1. The fourth-order valence-electron chi connectivity index (χ4n) is 3.52. The molecule has 0 saturated carbocycles. The van der Waals surface area contributed by atoms with Gasteiger partial charge in [-0.15, -0.1) is 0 Å². The first-order valence-electron chi connectivity index (χ1n) is 9.81. The second-order valence-electron chi connectivity index (χ2n) is 6.91. The highest BCUT2D eigenvalue weighted by atomic mass is 16.5. The monoisotopic (exact) mass is 398 g/mol. The van der Waals surface area contributed by atoms with Crippen molar-refractivity contribution in [1.29, 1.82) is 0 Å². The lowest BCUT2D eigenvalue weighted by atomic mass is 10.0. The van der Waals surface area contributed by atoms with Crippen LogP contribution in [0.1, 0.15) is 18.1 Å². The predicted molar refractivity (Wildman–Crippen MR) is 118 cm³/mol. The molecule has 30 heavy (non-hydrogen) atoms. The van der Waals surface area contributed by atoms with E-state index in [-0.39, 0.29) is 11.6 Å². The zero-order valence-electron chi connectivity index (χ0n) is 16.9. The summed E-state index contributed by atoms with van der Waals surface area (Å²) in [6, 6.07) is 24.1. The molecule has 1 N–H and O–H groups in total. The maximum atomic E-state index is 13.4. The molecule has 0 fully saturated rings. The number of methoxy groups -OCH3 is 1. The maximum absolute atomic E-state index is 13.4. The Labute approximate surface area is 175 Å². The number of aryl methyl sites for hydroxylation is 1. The third-order valence-electron chi connectivity index (χ3n) is 5.10. The summed E-state index contributed by atoms with van der Waals surface area (Å²) < 4.78 is 5.39. The van der Waals surface area contributed by atoms with Crippen LogP contribution in [0.25, 0.3) is 5.57 Å². The van der Waals surface area contributed by atoms with E-state index in [1.807, 2.05) is 54.6 Å². The molecule has 3 aromatic carbocycles. The van der Waals surface area contributed by atoms with Gasteiger partial charge in [0.25, 0.3) is 11.8 Å². The quantitative estimate of drug-likeness (QED) is 0.614. The number of amides is 2. The van der Waals surface area contributed by atoms with Crippen LogP contribution in [0.3, 0.4) is 0 Å². The van der Waals surface area contributed by atoms with Crippen molar-refractivity contribution in [3.05, 3.63) is 95.7 Å². The summed E-state index contributed by atoms with van der Waals surface area (Å²) in [5.41, 5.74) is 3.64. The molecule has 1 aliphatic heterocycles. The summed E-state index contributed by atoms with van der Waals surface area (Å²) in [4.78, 5) is 28.0. The van der Waals surface area contributed by atoms with Crippen molar-refractivity contribution in [2.45, 2.75) is 13.3 Å². The fourth-order valence-corrected chi connectivity index (χ4v) is 3.52. The first kappa shape index (κ1) is 19.5. The Morgan fingerprint density at radius 2 is 1.50 bits per heavy atom. The number of rotatable bonds is 6. The van der Waals surface area contributed by atoms with Crippen molar-refractivity contribution < 1.29 is 14.3 Å². The Balaban J connectivity index is 1.80. The second-order valence-corrected chi connectivity index (χ2v) is 6.91. The number of anilines is 2. The van der Waals surface area contributed by atoms with E-state index in [0.29, 0.717) is 22.6 Å². The lowest BCUT2D eigenvalue weighted by Crippen LogP contribution is -2.32. The van der Waals surface area contributed by atoms with Crippen LogP contribution >= 0.6 is 0 Å². The predicted octanol–water partition coefficient (Wildman–Crippen LogP) is 4.65. The van der Waals surface area contributed by atoms with Gasteiger partial charge < -0.3 is 10.1 Å². The molecule has 4 rings (SSSR count). The van der Waals surface area contributed by atoms with Crippen molar-refractivity contribution in [3.8, 4) is 5.75 Å². The zero-order valence-corrected chi connectivity index (χ0v) is 16.9. The SMILES string of the molecule is CCc1ccc(NC2=C(c3ccccc3)C(=O)N(c3ccccc3OC)C2=O)cc1. The third kappa shape index (κ3) is 3.46. The topological polar surface area (TPSA) is 58.6 Å². The summed E-state index contributed by atoms with van der Waals surface area (Å²) in [7, 11) is 1.52. The van der Waals surface area contributed by atoms with Crippen molar-refractivity contribution in [2.24, 2.45) is 0 Å². The molecule has 1 heterocycles. The summed E-state index contributed by atoms with van der Waals surface area (Å²) >= 11 is 0. The molecule has 0 unspecified atom stereocenters. The van der Waals surface area contributed by atoms with Gasteiger partial charge in [-0.2, -0.15) is 0 Å². The molecular weight excluding hydrogens is 376 g/mol. The molecule has 0 aromatic heterocycles. The molecule has 0 atom stereocenters. The van der Waals surface area contributed by atoms with E-state index in [2.05, 4.69) is 12.2 Å². The van der Waals surface area contributed by atoms with E-state index < -0.39 is 5.91 Å². The van der Waals surface area contributed by atoms with Gasteiger partial charge in [0, 0.05) is 5.69 Å². The van der Waals surface area contributed by atoms with E-state index in [1.165, 1.54) is 17.6 Å². The molecule has 1 aliphatic rings. The molecule has 5 heteroatoms. The fraction of sp³-hybridized carbons (Fsp3) is 0.120. The lowest BCUT2D eigenvalue weighted by Gasteiger charge is -2.18. The number of carbonyl (C=O) groups excluding carboxylic acids is 2. The minimum atomic E-state index is -0.414. The van der Waals surface area contributed by atoms with Crippen LogP contribution in [-0.4, -0.2) is 18.9 Å². The van der Waals surface area contributed by atoms with E-state index in [4.69, 9.17) is 4.74 Å². The summed E-state index contributed by atoms with van der Waals surface area (Å²) in [6.45, 7) is 2.09. The Kier molecular flexibility index (Phi) is 5.35. The minimum Gasteiger partial charge on any atom is -0.495 e. The third-order valence-corrected chi connectivity index (χ3v) is 5.10. The van der Waals surface area contributed by atoms with E-state index in [1.54, 1.807) is 24.3 Å². The number of nitrogens with zero attached hydrogens (tertiary/aromatic N) is 1. The summed E-state index contributed by atoms with van der Waals surface area (Å²) in [5, 5.41) is 3.18. The van der Waals surface area contributed by atoms with Gasteiger partial charge in [-0.05, 0) is 41.8 Å². The summed E-state index contributed by atoms with van der Waals surface area (Å²) in [6.07, 6.45) is 0.928. The molecule has 2 amide bonds. The molecule has 0 spiro atoms. The first-order valence-corrected chi connectivity index (χ1v) is 9.81. The highest BCUT2D eigenvalue weighted by molar-refractivity contribution is 6.46. The van der Waals surface area contributed by atoms with Crippen molar-refractivity contribution in [1.82, 2.24) is 0 Å². The molecule has 0 aliphatic carbocycles. The maximum Gasteiger partial charge on any atom is 0.282 e. The number of benzene rings is 3. The molecular formula is C25H22N2O3. The van der Waals surface area contributed by atoms with Crippen molar-refractivity contribution >= 4 is 28.8 Å². The van der Waals surface area contributed by atoms with Gasteiger partial charge in [0.05, 0.1) is 18.4 Å². The van der Waals surface area contributed by atoms with Gasteiger partial charge in [-0.25, -0.2) is 4.90 Å². The Hall–Kier alpha value is -3.86. The lowest BCUT2D eigenvalue weighted by molar-refractivity contribution is -0.120. The van der Waals surface area contributed by atoms with Crippen molar-refractivity contribution in [3.63, 3.8) is 0 Å². The normalized spacial score (nSPS) is 13.7. The first-order chi connectivity index (χ1) is 14.6. The Morgan fingerprint density at radius 3 is 2.17 bits per heavy atom. The van der Waals surface area contributed by atoms with Gasteiger partial charge in [0.1, 0.15) is 11.4 Å². The average Bonchev–Trinajstić information content (AvgIpc) is 3.04. The number of ether oxygens (including phenoxy) is 1. The van der Waals surface area contributed by atoms with Gasteiger partial charge in [-0.1, -0.05) is 61.5 Å². The Bertz CT molecular complexity index is 1120. The average molecular weight is 398 g/mol. The minimum absolute atomic E-state index is 0.251. The smallest absolute Gasteiger partial charge is 0.282 e. The summed E-state index contributed by atoms with van der Waals surface area (Å²) in [5.74, 6) is -0.341. The molecule has 0 saturated heterocycles. The zero-order chi connectivity index (χ0) is 21.1. The molecule has 5 nitrogen and oxygen atoms in total. The number of nitrogens with one attached hydrogen (secondary N) is 1. The molecule has 3 aromatic rings. The van der Waals surface area contributed by atoms with Crippen LogP contribution in [0.5, 0.6) is 5.75 Å². The number of para-hydroxylation sites is 2. The highest BCUT2D eigenvalue weighted by Gasteiger charge is 2.41. The molecule has 0 radical (unpaired) electrons. The number of hydrogen-bond acceptors (Lipinski definition) is 4. The van der Waals surface area contributed by atoms with Crippen LogP contribution in [0.15, 0.2) is 84.6 Å². The number of carbonyl (C=O) groups is 2. The molecule has 0 bridgehead atoms. The van der Waals surface area contributed by atoms with E-state index >= 15 is 0 Å². The highest BCUT2D eigenvalue weighted by Crippen LogP contribution is 2.37. The number of imide groups is 1.